The van der Waals surface area contributed by atoms with Gasteiger partial charge in [-0.2, -0.15) is 0 Å². The molecule has 2 aliphatic rings. The molecule has 4 unspecified atom stereocenters. The van der Waals surface area contributed by atoms with Gasteiger partial charge in [0.2, 0.25) is 0 Å². The fourth-order valence-corrected chi connectivity index (χ4v) is 4.30. The van der Waals surface area contributed by atoms with Gasteiger partial charge in [0.15, 0.2) is 0 Å². The molecule has 2 bridgehead atoms. The minimum atomic E-state index is 0.401. The third-order valence-corrected chi connectivity index (χ3v) is 5.52. The summed E-state index contributed by atoms with van der Waals surface area (Å²) in [6.45, 7) is 3.23. The molecule has 21 heavy (non-hydrogen) atoms. The highest BCUT2D eigenvalue weighted by Crippen LogP contribution is 2.41. The second-order valence-corrected chi connectivity index (χ2v) is 7.05. The van der Waals surface area contributed by atoms with Crippen molar-refractivity contribution in [1.82, 2.24) is 5.32 Å². The van der Waals surface area contributed by atoms with Crippen molar-refractivity contribution < 1.29 is 4.74 Å². The molecule has 0 aromatic heterocycles. The van der Waals surface area contributed by atoms with Crippen LogP contribution in [0.2, 0.25) is 10.0 Å². The number of rotatable bonds is 6. The predicted octanol–water partition coefficient (Wildman–Crippen LogP) is 4.47. The maximum Gasteiger partial charge on any atom is 0.0623 e. The maximum atomic E-state index is 6.35. The average Bonchev–Trinajstić information content (AvgIpc) is 3.09. The van der Waals surface area contributed by atoms with E-state index in [0.717, 1.165) is 35.0 Å². The normalized spacial score (nSPS) is 29.0. The molecule has 1 N–H and O–H groups in total. The van der Waals surface area contributed by atoms with Gasteiger partial charge < -0.3 is 10.1 Å². The van der Waals surface area contributed by atoms with Crippen molar-refractivity contribution in [3.05, 3.63) is 33.8 Å². The van der Waals surface area contributed by atoms with Gasteiger partial charge in [0.05, 0.1) is 12.2 Å². The molecule has 0 aliphatic carbocycles. The van der Waals surface area contributed by atoms with E-state index in [1.54, 1.807) is 0 Å². The first-order chi connectivity index (χ1) is 10.2. The van der Waals surface area contributed by atoms with Crippen LogP contribution in [-0.4, -0.2) is 24.8 Å². The zero-order valence-electron chi connectivity index (χ0n) is 12.4. The van der Waals surface area contributed by atoms with E-state index < -0.39 is 0 Å². The Bertz CT molecular complexity index is 473. The van der Waals surface area contributed by atoms with Crippen LogP contribution in [-0.2, 0) is 11.2 Å². The summed E-state index contributed by atoms with van der Waals surface area (Å²) in [5.41, 5.74) is 1.07. The number of ether oxygens (including phenoxy) is 1. The van der Waals surface area contributed by atoms with Gasteiger partial charge in [0.1, 0.15) is 0 Å². The zero-order valence-corrected chi connectivity index (χ0v) is 14.0. The Morgan fingerprint density at radius 3 is 2.62 bits per heavy atom. The van der Waals surface area contributed by atoms with Gasteiger partial charge >= 0.3 is 0 Å². The molecule has 2 heterocycles. The van der Waals surface area contributed by atoms with Gasteiger partial charge in [0.25, 0.3) is 0 Å². The second kappa shape index (κ2) is 6.87. The Balaban J connectivity index is 1.76. The molecule has 0 saturated carbocycles. The topological polar surface area (TPSA) is 21.3 Å². The molecular formula is C17H23Cl2NO. The third kappa shape index (κ3) is 3.39. The quantitative estimate of drug-likeness (QED) is 0.832. The summed E-state index contributed by atoms with van der Waals surface area (Å²) in [6, 6.07) is 6.16. The summed E-state index contributed by atoms with van der Waals surface area (Å²) in [7, 11) is 0. The molecule has 2 nitrogen and oxygen atoms in total. The smallest absolute Gasteiger partial charge is 0.0623 e. The lowest BCUT2D eigenvalue weighted by Gasteiger charge is -2.30. The number of hydrogen-bond donors (Lipinski definition) is 1. The van der Waals surface area contributed by atoms with Crippen molar-refractivity contribution >= 4 is 23.2 Å². The van der Waals surface area contributed by atoms with E-state index in [9.17, 15) is 0 Å². The number of fused-ring (bicyclic) bond motifs is 2. The van der Waals surface area contributed by atoms with Crippen LogP contribution in [0.3, 0.4) is 0 Å². The van der Waals surface area contributed by atoms with Crippen molar-refractivity contribution in [3.63, 3.8) is 0 Å². The van der Waals surface area contributed by atoms with Crippen LogP contribution >= 0.6 is 23.2 Å². The largest absolute Gasteiger partial charge is 0.375 e. The lowest BCUT2D eigenvalue weighted by atomic mass is 9.81. The minimum Gasteiger partial charge on any atom is -0.375 e. The van der Waals surface area contributed by atoms with Crippen LogP contribution < -0.4 is 5.32 Å². The molecule has 3 rings (SSSR count). The number of hydrogen-bond acceptors (Lipinski definition) is 2. The highest BCUT2D eigenvalue weighted by atomic mass is 35.5. The van der Waals surface area contributed by atoms with Crippen molar-refractivity contribution in [2.24, 2.45) is 5.92 Å². The van der Waals surface area contributed by atoms with Crippen molar-refractivity contribution in [2.75, 3.05) is 6.54 Å². The van der Waals surface area contributed by atoms with Gasteiger partial charge in [-0.05, 0) is 56.3 Å². The van der Waals surface area contributed by atoms with Crippen LogP contribution in [0.4, 0.5) is 0 Å². The minimum absolute atomic E-state index is 0.401. The number of halogens is 2. The molecule has 1 aromatic carbocycles. The fraction of sp³-hybridized carbons (Fsp3) is 0.647. The first-order valence-electron chi connectivity index (χ1n) is 8.00. The van der Waals surface area contributed by atoms with E-state index in [-0.39, 0.29) is 0 Å². The molecule has 0 radical (unpaired) electrons. The Morgan fingerprint density at radius 1 is 1.29 bits per heavy atom. The molecule has 1 aromatic rings. The summed E-state index contributed by atoms with van der Waals surface area (Å²) in [4.78, 5) is 0. The Morgan fingerprint density at radius 2 is 2.05 bits per heavy atom. The summed E-state index contributed by atoms with van der Waals surface area (Å²) in [5, 5.41) is 5.25. The summed E-state index contributed by atoms with van der Waals surface area (Å²) >= 11 is 12.7. The lowest BCUT2D eigenvalue weighted by Crippen LogP contribution is -2.42. The molecule has 0 amide bonds. The first-order valence-corrected chi connectivity index (χ1v) is 8.76. The third-order valence-electron chi connectivity index (χ3n) is 4.81. The standard InChI is InChI=1S/C17H23Cl2NO/c1-2-8-20-16(13-9-11-6-7-17(13)21-11)10-12-14(18)4-3-5-15(12)19/h3-5,11,13,16-17,20H,2,6-10H2,1H3. The van der Waals surface area contributed by atoms with Crippen LogP contribution in [0.15, 0.2) is 18.2 Å². The van der Waals surface area contributed by atoms with E-state index in [1.807, 2.05) is 18.2 Å². The van der Waals surface area contributed by atoms with Gasteiger partial charge in [-0.15, -0.1) is 0 Å². The van der Waals surface area contributed by atoms with Gasteiger partial charge in [-0.1, -0.05) is 36.2 Å². The highest BCUT2D eigenvalue weighted by molar-refractivity contribution is 6.36. The van der Waals surface area contributed by atoms with E-state index >= 15 is 0 Å². The summed E-state index contributed by atoms with van der Waals surface area (Å²) < 4.78 is 6.04. The Hall–Kier alpha value is -0.280. The van der Waals surface area contributed by atoms with Gasteiger partial charge in [0, 0.05) is 22.0 Å². The Labute approximate surface area is 137 Å². The zero-order chi connectivity index (χ0) is 14.8. The Kier molecular flexibility index (Phi) is 5.11. The van der Waals surface area contributed by atoms with Crippen molar-refractivity contribution in [2.45, 2.75) is 57.3 Å². The van der Waals surface area contributed by atoms with E-state index in [4.69, 9.17) is 27.9 Å². The first kappa shape index (κ1) is 15.6. The molecule has 2 fully saturated rings. The van der Waals surface area contributed by atoms with E-state index in [0.29, 0.717) is 24.2 Å². The molecule has 0 spiro atoms. The highest BCUT2D eigenvalue weighted by Gasteiger charge is 2.44. The van der Waals surface area contributed by atoms with Crippen LogP contribution in [0.25, 0.3) is 0 Å². The molecular weight excluding hydrogens is 305 g/mol. The SMILES string of the molecule is CCCNC(Cc1c(Cl)cccc1Cl)C1CC2CCC1O2. The summed E-state index contributed by atoms with van der Waals surface area (Å²) in [5.74, 6) is 0.586. The second-order valence-electron chi connectivity index (χ2n) is 6.24. The molecule has 116 valence electrons. The predicted molar refractivity (Wildman–Crippen MR) is 88.2 cm³/mol. The van der Waals surface area contributed by atoms with Crippen molar-refractivity contribution in [1.29, 1.82) is 0 Å². The summed E-state index contributed by atoms with van der Waals surface area (Å²) in [6.07, 6.45) is 6.53. The average molecular weight is 328 g/mol. The fourth-order valence-electron chi connectivity index (χ4n) is 3.75. The van der Waals surface area contributed by atoms with Gasteiger partial charge in [-0.25, -0.2) is 0 Å². The number of benzene rings is 1. The van der Waals surface area contributed by atoms with E-state index in [2.05, 4.69) is 12.2 Å². The molecule has 4 atom stereocenters. The van der Waals surface area contributed by atoms with Crippen LogP contribution in [0, 0.1) is 5.92 Å². The molecule has 2 aliphatic heterocycles. The van der Waals surface area contributed by atoms with Crippen molar-refractivity contribution in [3.8, 4) is 0 Å². The van der Waals surface area contributed by atoms with Crippen LogP contribution in [0.5, 0.6) is 0 Å². The lowest BCUT2D eigenvalue weighted by molar-refractivity contribution is 0.0857. The van der Waals surface area contributed by atoms with Gasteiger partial charge in [-0.3, -0.25) is 0 Å². The maximum absolute atomic E-state index is 6.35. The van der Waals surface area contributed by atoms with Crippen LogP contribution in [0.1, 0.15) is 38.2 Å². The monoisotopic (exact) mass is 327 g/mol. The molecule has 4 heteroatoms. The molecule has 2 saturated heterocycles. The van der Waals surface area contributed by atoms with E-state index in [1.165, 1.54) is 19.3 Å². The number of nitrogens with one attached hydrogen (secondary N) is 1.